The maximum atomic E-state index is 12.3. The summed E-state index contributed by atoms with van der Waals surface area (Å²) in [5.74, 6) is 0. The van der Waals surface area contributed by atoms with Crippen LogP contribution in [0.5, 0.6) is 0 Å². The number of aromatic nitrogens is 1. The Balaban J connectivity index is 2.48. The van der Waals surface area contributed by atoms with Crippen LogP contribution in [0.1, 0.15) is 26.3 Å². The number of nitrogens with zero attached hydrogens (tertiary/aromatic N) is 1. The van der Waals surface area contributed by atoms with E-state index in [9.17, 15) is 13.2 Å². The minimum Gasteiger partial charge on any atom is -0.443 e. The monoisotopic (exact) mass is 359 g/mol. The number of hydrogen-bond acceptors (Lipinski definition) is 5. The first-order valence-electron chi connectivity index (χ1n) is 6.83. The van der Waals surface area contributed by atoms with E-state index in [1.54, 1.807) is 39.0 Å². The summed E-state index contributed by atoms with van der Waals surface area (Å²) in [6.07, 6.45) is 1.91. The van der Waals surface area contributed by atoms with Crippen LogP contribution in [-0.2, 0) is 25.6 Å². The summed E-state index contributed by atoms with van der Waals surface area (Å²) in [6.45, 7) is 5.11. The van der Waals surface area contributed by atoms with Gasteiger partial charge in [-0.3, -0.25) is 8.75 Å². The summed E-state index contributed by atoms with van der Waals surface area (Å²) >= 11 is 5.99. The zero-order valence-corrected chi connectivity index (χ0v) is 14.9. The van der Waals surface area contributed by atoms with Crippen LogP contribution in [0.25, 0.3) is 10.9 Å². The average Bonchev–Trinajstić information content (AvgIpc) is 2.71. The van der Waals surface area contributed by atoms with Gasteiger partial charge in [0.15, 0.2) is 0 Å². The van der Waals surface area contributed by atoms with Crippen LogP contribution < -0.4 is 0 Å². The van der Waals surface area contributed by atoms with Gasteiger partial charge in [0, 0.05) is 22.2 Å². The van der Waals surface area contributed by atoms with Crippen LogP contribution in [0, 0.1) is 0 Å². The lowest BCUT2D eigenvalue weighted by atomic mass is 10.2. The van der Waals surface area contributed by atoms with E-state index in [4.69, 9.17) is 20.5 Å². The van der Waals surface area contributed by atoms with Crippen LogP contribution >= 0.6 is 11.6 Å². The predicted molar refractivity (Wildman–Crippen MR) is 88.2 cm³/mol. The first kappa shape index (κ1) is 17.8. The molecule has 0 unspecified atom stereocenters. The maximum Gasteiger partial charge on any atom is 0.419 e. The van der Waals surface area contributed by atoms with E-state index in [1.165, 1.54) is 10.8 Å². The molecule has 2 aromatic rings. The molecule has 0 saturated heterocycles. The minimum atomic E-state index is -3.60. The third kappa shape index (κ3) is 4.70. The standard InChI is InChI=1S/C15H18ClNO5S/c1-15(2,3)22-14(18)17-8-10(9-21-23(4,19)20)12-7-11(16)5-6-13(12)17/h5-8H,9H2,1-4H3. The Kier molecular flexibility index (Phi) is 4.75. The van der Waals surface area contributed by atoms with Crippen molar-refractivity contribution in [3.8, 4) is 0 Å². The van der Waals surface area contributed by atoms with Crippen LogP contribution in [0.4, 0.5) is 4.79 Å². The van der Waals surface area contributed by atoms with E-state index in [1.807, 2.05) is 0 Å². The summed E-state index contributed by atoms with van der Waals surface area (Å²) in [4.78, 5) is 12.3. The fraction of sp³-hybridized carbons (Fsp3) is 0.400. The molecule has 0 spiro atoms. The molecule has 23 heavy (non-hydrogen) atoms. The molecule has 0 aliphatic rings. The molecule has 0 amide bonds. The molecule has 0 atom stereocenters. The molecule has 0 aliphatic carbocycles. The summed E-state index contributed by atoms with van der Waals surface area (Å²) in [6, 6.07) is 4.97. The van der Waals surface area contributed by atoms with Gasteiger partial charge in [-0.1, -0.05) is 11.6 Å². The van der Waals surface area contributed by atoms with Gasteiger partial charge in [-0.25, -0.2) is 4.79 Å². The molecule has 0 saturated carbocycles. The van der Waals surface area contributed by atoms with Gasteiger partial charge in [0.25, 0.3) is 10.1 Å². The maximum absolute atomic E-state index is 12.3. The number of carbonyl (C=O) groups excluding carboxylic acids is 1. The van der Waals surface area contributed by atoms with E-state index >= 15 is 0 Å². The topological polar surface area (TPSA) is 74.6 Å². The minimum absolute atomic E-state index is 0.189. The third-order valence-corrected chi connectivity index (χ3v) is 3.65. The fourth-order valence-corrected chi connectivity index (χ4v) is 2.53. The van der Waals surface area contributed by atoms with Crippen molar-refractivity contribution < 1.29 is 22.1 Å². The number of benzene rings is 1. The van der Waals surface area contributed by atoms with Gasteiger partial charge in [-0.15, -0.1) is 0 Å². The second kappa shape index (κ2) is 6.14. The number of hydrogen-bond donors (Lipinski definition) is 0. The Morgan fingerprint density at radius 2 is 1.96 bits per heavy atom. The molecule has 6 nitrogen and oxygen atoms in total. The lowest BCUT2D eigenvalue weighted by molar-refractivity contribution is 0.0544. The van der Waals surface area contributed by atoms with Crippen molar-refractivity contribution in [1.82, 2.24) is 4.57 Å². The predicted octanol–water partition coefficient (Wildman–Crippen LogP) is 3.55. The Morgan fingerprint density at radius 3 is 2.52 bits per heavy atom. The van der Waals surface area contributed by atoms with Crippen molar-refractivity contribution in [1.29, 1.82) is 0 Å². The summed E-state index contributed by atoms with van der Waals surface area (Å²) in [7, 11) is -3.60. The number of halogens is 1. The lowest BCUT2D eigenvalue weighted by Gasteiger charge is -2.19. The summed E-state index contributed by atoms with van der Waals surface area (Å²) in [5.41, 5.74) is 0.443. The van der Waals surface area contributed by atoms with Crippen LogP contribution in [0.2, 0.25) is 5.02 Å². The lowest BCUT2D eigenvalue weighted by Crippen LogP contribution is -2.26. The van der Waals surface area contributed by atoms with Gasteiger partial charge in [0.05, 0.1) is 18.4 Å². The third-order valence-electron chi connectivity index (χ3n) is 2.87. The second-order valence-electron chi connectivity index (χ2n) is 6.13. The highest BCUT2D eigenvalue weighted by atomic mass is 35.5. The van der Waals surface area contributed by atoms with Gasteiger partial charge in [-0.05, 0) is 39.0 Å². The van der Waals surface area contributed by atoms with Gasteiger partial charge < -0.3 is 4.74 Å². The highest BCUT2D eigenvalue weighted by Crippen LogP contribution is 2.27. The van der Waals surface area contributed by atoms with Crippen molar-refractivity contribution in [2.45, 2.75) is 33.0 Å². The molecule has 126 valence electrons. The number of rotatable bonds is 3. The van der Waals surface area contributed by atoms with E-state index in [2.05, 4.69) is 0 Å². The van der Waals surface area contributed by atoms with Crippen molar-refractivity contribution in [2.24, 2.45) is 0 Å². The molecular weight excluding hydrogens is 342 g/mol. The van der Waals surface area contributed by atoms with Gasteiger partial charge in [-0.2, -0.15) is 8.42 Å². The van der Waals surface area contributed by atoms with Gasteiger partial charge in [0.2, 0.25) is 0 Å². The smallest absolute Gasteiger partial charge is 0.419 e. The van der Waals surface area contributed by atoms with E-state index in [0.29, 0.717) is 21.5 Å². The Morgan fingerprint density at radius 1 is 1.30 bits per heavy atom. The molecule has 0 aliphatic heterocycles. The Bertz CT molecular complexity index is 849. The number of ether oxygens (including phenoxy) is 1. The number of carbonyl (C=O) groups is 1. The first-order valence-corrected chi connectivity index (χ1v) is 9.03. The molecule has 1 aromatic carbocycles. The molecule has 0 N–H and O–H groups in total. The van der Waals surface area contributed by atoms with Gasteiger partial charge in [0.1, 0.15) is 5.60 Å². The summed E-state index contributed by atoms with van der Waals surface area (Å²) < 4.78 is 33.9. The van der Waals surface area contributed by atoms with Crippen molar-refractivity contribution in [2.75, 3.05) is 6.26 Å². The van der Waals surface area contributed by atoms with E-state index in [-0.39, 0.29) is 6.61 Å². The fourth-order valence-electron chi connectivity index (χ4n) is 2.02. The molecule has 0 fully saturated rings. The molecule has 1 aromatic heterocycles. The van der Waals surface area contributed by atoms with Crippen molar-refractivity contribution in [3.63, 3.8) is 0 Å². The van der Waals surface area contributed by atoms with Crippen LogP contribution in [0.3, 0.4) is 0 Å². The zero-order valence-electron chi connectivity index (χ0n) is 13.3. The number of fused-ring (bicyclic) bond motifs is 1. The largest absolute Gasteiger partial charge is 0.443 e. The first-order chi connectivity index (χ1) is 10.5. The molecule has 1 heterocycles. The SMILES string of the molecule is CC(C)(C)OC(=O)n1cc(COS(C)(=O)=O)c2cc(Cl)ccc21. The normalized spacial score (nSPS) is 12.6. The molecule has 0 radical (unpaired) electrons. The summed E-state index contributed by atoms with van der Waals surface area (Å²) in [5, 5.41) is 1.10. The van der Waals surface area contributed by atoms with Crippen molar-refractivity contribution in [3.05, 3.63) is 35.0 Å². The Labute approximate surface area is 140 Å². The second-order valence-corrected chi connectivity index (χ2v) is 8.21. The molecule has 8 heteroatoms. The Hall–Kier alpha value is -1.57. The highest BCUT2D eigenvalue weighted by Gasteiger charge is 2.21. The highest BCUT2D eigenvalue weighted by molar-refractivity contribution is 7.85. The molecule has 2 rings (SSSR count). The van der Waals surface area contributed by atoms with Crippen LogP contribution in [-0.4, -0.2) is 30.9 Å². The average molecular weight is 360 g/mol. The zero-order chi connectivity index (χ0) is 17.4. The van der Waals surface area contributed by atoms with E-state index < -0.39 is 21.8 Å². The van der Waals surface area contributed by atoms with Crippen molar-refractivity contribution >= 4 is 38.7 Å². The van der Waals surface area contributed by atoms with Gasteiger partial charge >= 0.3 is 6.09 Å². The molecular formula is C15H18ClNO5S. The quantitative estimate of drug-likeness (QED) is 0.783. The van der Waals surface area contributed by atoms with E-state index in [0.717, 1.165) is 6.26 Å². The van der Waals surface area contributed by atoms with Crippen LogP contribution in [0.15, 0.2) is 24.4 Å². The molecule has 0 bridgehead atoms.